The van der Waals surface area contributed by atoms with Crippen molar-refractivity contribution >= 4 is 5.91 Å². The summed E-state index contributed by atoms with van der Waals surface area (Å²) in [5.74, 6) is 0.425. The first kappa shape index (κ1) is 7.54. The van der Waals surface area contributed by atoms with Crippen molar-refractivity contribution < 1.29 is 4.79 Å². The molecule has 0 spiro atoms. The Kier molecular flexibility index (Phi) is 1.94. The molecule has 1 saturated heterocycles. The van der Waals surface area contributed by atoms with Crippen LogP contribution in [0, 0.1) is 5.92 Å². The number of nitrogens with zero attached hydrogens (tertiary/aromatic N) is 1. The molecule has 3 nitrogen and oxygen atoms in total. The summed E-state index contributed by atoms with van der Waals surface area (Å²) < 4.78 is 0. The van der Waals surface area contributed by atoms with Crippen LogP contribution in [0.5, 0.6) is 0 Å². The molecule has 0 aliphatic carbocycles. The van der Waals surface area contributed by atoms with Gasteiger partial charge in [0.05, 0.1) is 6.04 Å². The van der Waals surface area contributed by atoms with Crippen LogP contribution in [0.2, 0.25) is 0 Å². The number of hydrogen-bond acceptors (Lipinski definition) is 2. The van der Waals surface area contributed by atoms with Crippen molar-refractivity contribution in [2.75, 3.05) is 13.6 Å². The summed E-state index contributed by atoms with van der Waals surface area (Å²) in [5.41, 5.74) is 5.17. The number of nitrogens with two attached hydrogens (primary N) is 1. The van der Waals surface area contributed by atoms with Crippen LogP contribution < -0.4 is 5.73 Å². The van der Waals surface area contributed by atoms with Crippen molar-refractivity contribution in [3.05, 3.63) is 0 Å². The standard InChI is InChI=1S/C7H14N2O/c1-5-3-6(7(8)10)9(2)4-5/h5-6H,3-4H2,1-2H3,(H2,8,10)/t5-,6+/m1/s1. The van der Waals surface area contributed by atoms with E-state index in [4.69, 9.17) is 5.73 Å². The van der Waals surface area contributed by atoms with Gasteiger partial charge < -0.3 is 5.73 Å². The van der Waals surface area contributed by atoms with E-state index in [-0.39, 0.29) is 11.9 Å². The molecule has 2 N–H and O–H groups in total. The summed E-state index contributed by atoms with van der Waals surface area (Å²) in [6.45, 7) is 3.13. The molecule has 0 radical (unpaired) electrons. The van der Waals surface area contributed by atoms with Crippen molar-refractivity contribution in [3.63, 3.8) is 0 Å². The topological polar surface area (TPSA) is 46.3 Å². The highest BCUT2D eigenvalue weighted by Crippen LogP contribution is 2.19. The van der Waals surface area contributed by atoms with Crippen LogP contribution in [0.25, 0.3) is 0 Å². The van der Waals surface area contributed by atoms with Crippen LogP contribution in [-0.2, 0) is 4.79 Å². The average Bonchev–Trinajstić information content (AvgIpc) is 2.10. The van der Waals surface area contributed by atoms with E-state index in [1.165, 1.54) is 0 Å². The van der Waals surface area contributed by atoms with Gasteiger partial charge in [0.2, 0.25) is 5.91 Å². The molecule has 1 amide bonds. The zero-order chi connectivity index (χ0) is 7.72. The van der Waals surface area contributed by atoms with Crippen LogP contribution >= 0.6 is 0 Å². The van der Waals surface area contributed by atoms with Crippen LogP contribution in [0.1, 0.15) is 13.3 Å². The molecule has 1 rings (SSSR count). The van der Waals surface area contributed by atoms with E-state index < -0.39 is 0 Å². The maximum absolute atomic E-state index is 10.7. The molecule has 0 unspecified atom stereocenters. The molecule has 1 fully saturated rings. The number of rotatable bonds is 1. The minimum absolute atomic E-state index is 0.0185. The lowest BCUT2D eigenvalue weighted by Gasteiger charge is -2.14. The minimum atomic E-state index is -0.188. The molecule has 2 atom stereocenters. The maximum atomic E-state index is 10.7. The van der Waals surface area contributed by atoms with E-state index in [1.54, 1.807) is 0 Å². The first-order valence-corrected chi connectivity index (χ1v) is 3.61. The van der Waals surface area contributed by atoms with E-state index in [2.05, 4.69) is 6.92 Å². The van der Waals surface area contributed by atoms with Crippen molar-refractivity contribution in [2.45, 2.75) is 19.4 Å². The summed E-state index contributed by atoms with van der Waals surface area (Å²) in [4.78, 5) is 12.8. The molecule has 0 aromatic rings. The molecule has 0 bridgehead atoms. The number of carbonyl (C=O) groups excluding carboxylic acids is 1. The number of primary amides is 1. The molecule has 1 heterocycles. The smallest absolute Gasteiger partial charge is 0.234 e. The predicted molar refractivity (Wildman–Crippen MR) is 39.4 cm³/mol. The Morgan fingerprint density at radius 2 is 2.30 bits per heavy atom. The minimum Gasteiger partial charge on any atom is -0.368 e. The average molecular weight is 142 g/mol. The lowest BCUT2D eigenvalue weighted by atomic mass is 10.1. The van der Waals surface area contributed by atoms with E-state index in [0.717, 1.165) is 13.0 Å². The van der Waals surface area contributed by atoms with Gasteiger partial charge in [-0.3, -0.25) is 9.69 Å². The van der Waals surface area contributed by atoms with E-state index >= 15 is 0 Å². The SMILES string of the molecule is C[C@@H]1C[C@@H](C(N)=O)N(C)C1. The third kappa shape index (κ3) is 1.29. The van der Waals surface area contributed by atoms with Gasteiger partial charge in [-0.2, -0.15) is 0 Å². The zero-order valence-electron chi connectivity index (χ0n) is 6.50. The summed E-state index contributed by atoms with van der Waals surface area (Å²) in [6, 6.07) is -0.0185. The Labute approximate surface area is 61.2 Å². The molecule has 0 aromatic carbocycles. The van der Waals surface area contributed by atoms with Gasteiger partial charge in [-0.05, 0) is 19.4 Å². The molecular formula is C7H14N2O. The zero-order valence-corrected chi connectivity index (χ0v) is 6.50. The Hall–Kier alpha value is -0.570. The molecule has 1 aliphatic rings. The molecule has 1 aliphatic heterocycles. The highest BCUT2D eigenvalue weighted by atomic mass is 16.1. The van der Waals surface area contributed by atoms with Crippen molar-refractivity contribution in [1.82, 2.24) is 4.90 Å². The highest BCUT2D eigenvalue weighted by molar-refractivity contribution is 5.80. The van der Waals surface area contributed by atoms with Gasteiger partial charge in [0.25, 0.3) is 0 Å². The number of amides is 1. The van der Waals surface area contributed by atoms with Gasteiger partial charge in [-0.15, -0.1) is 0 Å². The fourth-order valence-corrected chi connectivity index (χ4v) is 1.59. The van der Waals surface area contributed by atoms with Crippen LogP contribution in [0.3, 0.4) is 0 Å². The summed E-state index contributed by atoms with van der Waals surface area (Å²) >= 11 is 0. The second-order valence-electron chi connectivity index (χ2n) is 3.20. The number of carbonyl (C=O) groups is 1. The third-order valence-corrected chi connectivity index (χ3v) is 2.09. The quantitative estimate of drug-likeness (QED) is 0.551. The fourth-order valence-electron chi connectivity index (χ4n) is 1.59. The van der Waals surface area contributed by atoms with E-state index in [0.29, 0.717) is 5.92 Å². The largest absolute Gasteiger partial charge is 0.368 e. The lowest BCUT2D eigenvalue weighted by Crippen LogP contribution is -2.37. The Morgan fingerprint density at radius 1 is 1.70 bits per heavy atom. The van der Waals surface area contributed by atoms with Gasteiger partial charge in [0, 0.05) is 6.54 Å². The maximum Gasteiger partial charge on any atom is 0.234 e. The number of hydrogen-bond donors (Lipinski definition) is 1. The number of likely N-dealkylation sites (N-methyl/N-ethyl adjacent to an activating group) is 1. The highest BCUT2D eigenvalue weighted by Gasteiger charge is 2.30. The fraction of sp³-hybridized carbons (Fsp3) is 0.857. The molecule has 3 heteroatoms. The van der Waals surface area contributed by atoms with Crippen LogP contribution in [0.4, 0.5) is 0 Å². The van der Waals surface area contributed by atoms with Crippen LogP contribution in [0.15, 0.2) is 0 Å². The molecular weight excluding hydrogens is 128 g/mol. The monoisotopic (exact) mass is 142 g/mol. The van der Waals surface area contributed by atoms with Crippen molar-refractivity contribution in [2.24, 2.45) is 11.7 Å². The third-order valence-electron chi connectivity index (χ3n) is 2.09. The Balaban J connectivity index is 2.54. The normalized spacial score (nSPS) is 34.6. The molecule has 58 valence electrons. The van der Waals surface area contributed by atoms with Gasteiger partial charge in [-0.1, -0.05) is 6.92 Å². The summed E-state index contributed by atoms with van der Waals surface area (Å²) in [7, 11) is 1.94. The first-order valence-electron chi connectivity index (χ1n) is 3.61. The van der Waals surface area contributed by atoms with Crippen LogP contribution in [-0.4, -0.2) is 30.4 Å². The second-order valence-corrected chi connectivity index (χ2v) is 3.20. The first-order chi connectivity index (χ1) is 4.61. The molecule has 0 aromatic heterocycles. The Bertz CT molecular complexity index is 147. The number of likely N-dealkylation sites (tertiary alicyclic amines) is 1. The van der Waals surface area contributed by atoms with Gasteiger partial charge in [0.1, 0.15) is 0 Å². The van der Waals surface area contributed by atoms with E-state index in [1.807, 2.05) is 11.9 Å². The van der Waals surface area contributed by atoms with E-state index in [9.17, 15) is 4.79 Å². The summed E-state index contributed by atoms with van der Waals surface area (Å²) in [5, 5.41) is 0. The van der Waals surface area contributed by atoms with Crippen molar-refractivity contribution in [1.29, 1.82) is 0 Å². The second kappa shape index (κ2) is 2.58. The molecule has 10 heavy (non-hydrogen) atoms. The van der Waals surface area contributed by atoms with Gasteiger partial charge >= 0.3 is 0 Å². The Morgan fingerprint density at radius 3 is 2.50 bits per heavy atom. The molecule has 0 saturated carbocycles. The summed E-state index contributed by atoms with van der Waals surface area (Å²) in [6.07, 6.45) is 0.922. The lowest BCUT2D eigenvalue weighted by molar-refractivity contribution is -0.121. The van der Waals surface area contributed by atoms with Gasteiger partial charge in [0.15, 0.2) is 0 Å². The van der Waals surface area contributed by atoms with Gasteiger partial charge in [-0.25, -0.2) is 0 Å². The van der Waals surface area contributed by atoms with Crippen molar-refractivity contribution in [3.8, 4) is 0 Å². The predicted octanol–water partition coefficient (Wildman–Crippen LogP) is -0.188.